The molecule has 0 bridgehead atoms. The Hall–Kier alpha value is -1.66. The number of amides is 1. The predicted octanol–water partition coefficient (Wildman–Crippen LogP) is 0.483. The Labute approximate surface area is 117 Å². The maximum absolute atomic E-state index is 12.9. The molecule has 2 rings (SSSR count). The second kappa shape index (κ2) is 7.21. The predicted molar refractivity (Wildman–Crippen MR) is 73.1 cm³/mol. The molecule has 1 aromatic rings. The van der Waals surface area contributed by atoms with Gasteiger partial charge in [0, 0.05) is 31.9 Å². The Kier molecular flexibility index (Phi) is 5.31. The smallest absolute Gasteiger partial charge is 0.248 e. The number of hydrogen-bond acceptors (Lipinski definition) is 4. The van der Waals surface area contributed by atoms with Crippen LogP contribution in [0.15, 0.2) is 24.3 Å². The van der Waals surface area contributed by atoms with Crippen LogP contribution in [0.1, 0.15) is 0 Å². The zero-order chi connectivity index (χ0) is 14.4. The average Bonchev–Trinajstić information content (AvgIpc) is 2.48. The monoisotopic (exact) mass is 282 g/mol. The van der Waals surface area contributed by atoms with Crippen molar-refractivity contribution in [3.63, 3.8) is 0 Å². The SMILES string of the molecule is O=C(COCCO)N1CCN(c2ccc(F)cc2)CC1. The summed E-state index contributed by atoms with van der Waals surface area (Å²) in [5.74, 6) is -0.305. The van der Waals surface area contributed by atoms with Crippen LogP contribution < -0.4 is 4.90 Å². The molecule has 1 aliphatic heterocycles. The standard InChI is InChI=1S/C14H19FN2O3/c15-12-1-3-13(4-2-12)16-5-7-17(8-6-16)14(19)11-20-10-9-18/h1-4,18H,5-11H2. The molecule has 1 fully saturated rings. The van der Waals surface area contributed by atoms with E-state index in [-0.39, 0.29) is 31.5 Å². The van der Waals surface area contributed by atoms with Crippen LogP contribution in [0.25, 0.3) is 0 Å². The normalized spacial score (nSPS) is 15.5. The Morgan fingerprint density at radius 1 is 1.20 bits per heavy atom. The van der Waals surface area contributed by atoms with Crippen molar-refractivity contribution >= 4 is 11.6 Å². The molecule has 1 N–H and O–H groups in total. The molecule has 0 spiro atoms. The fourth-order valence-electron chi connectivity index (χ4n) is 2.18. The molecule has 0 aromatic heterocycles. The number of aliphatic hydroxyl groups excluding tert-OH is 1. The second-order valence-corrected chi connectivity index (χ2v) is 4.62. The van der Waals surface area contributed by atoms with Gasteiger partial charge in [0.15, 0.2) is 0 Å². The number of hydrogen-bond donors (Lipinski definition) is 1. The van der Waals surface area contributed by atoms with Gasteiger partial charge in [-0.3, -0.25) is 4.79 Å². The van der Waals surface area contributed by atoms with Crippen LogP contribution in [0.2, 0.25) is 0 Å². The average molecular weight is 282 g/mol. The van der Waals surface area contributed by atoms with E-state index in [2.05, 4.69) is 4.90 Å². The lowest BCUT2D eigenvalue weighted by Gasteiger charge is -2.36. The Morgan fingerprint density at radius 3 is 2.45 bits per heavy atom. The van der Waals surface area contributed by atoms with Crippen molar-refractivity contribution < 1.29 is 19.0 Å². The molecule has 5 nitrogen and oxygen atoms in total. The first-order chi connectivity index (χ1) is 9.70. The van der Waals surface area contributed by atoms with Crippen LogP contribution in [0.3, 0.4) is 0 Å². The summed E-state index contributed by atoms with van der Waals surface area (Å²) >= 11 is 0. The van der Waals surface area contributed by atoms with Crippen LogP contribution in [0.5, 0.6) is 0 Å². The van der Waals surface area contributed by atoms with E-state index in [1.165, 1.54) is 12.1 Å². The molecule has 0 atom stereocenters. The van der Waals surface area contributed by atoms with E-state index < -0.39 is 0 Å². The van der Waals surface area contributed by atoms with Crippen LogP contribution in [-0.2, 0) is 9.53 Å². The molecule has 0 saturated carbocycles. The fourth-order valence-corrected chi connectivity index (χ4v) is 2.18. The largest absolute Gasteiger partial charge is 0.394 e. The number of nitrogens with zero attached hydrogens (tertiary/aromatic N) is 2. The van der Waals surface area contributed by atoms with Gasteiger partial charge in [0.1, 0.15) is 12.4 Å². The third-order valence-electron chi connectivity index (χ3n) is 3.29. The minimum absolute atomic E-state index is 0.0110. The molecular weight excluding hydrogens is 263 g/mol. The number of aliphatic hydroxyl groups is 1. The van der Waals surface area contributed by atoms with E-state index in [1.807, 2.05) is 0 Å². The lowest BCUT2D eigenvalue weighted by Crippen LogP contribution is -2.49. The van der Waals surface area contributed by atoms with Gasteiger partial charge in [0.2, 0.25) is 5.91 Å². The maximum Gasteiger partial charge on any atom is 0.248 e. The fraction of sp³-hybridized carbons (Fsp3) is 0.500. The highest BCUT2D eigenvalue weighted by Gasteiger charge is 2.21. The molecule has 0 radical (unpaired) electrons. The zero-order valence-electron chi connectivity index (χ0n) is 11.3. The Bertz CT molecular complexity index is 431. The van der Waals surface area contributed by atoms with Gasteiger partial charge >= 0.3 is 0 Å². The number of rotatable bonds is 5. The van der Waals surface area contributed by atoms with Crippen LogP contribution in [0.4, 0.5) is 10.1 Å². The summed E-state index contributed by atoms with van der Waals surface area (Å²) in [6.07, 6.45) is 0. The first-order valence-electron chi connectivity index (χ1n) is 6.67. The maximum atomic E-state index is 12.9. The molecule has 0 unspecified atom stereocenters. The molecule has 6 heteroatoms. The highest BCUT2D eigenvalue weighted by molar-refractivity contribution is 5.77. The molecule has 1 amide bonds. The van der Waals surface area contributed by atoms with Crippen molar-refractivity contribution in [2.24, 2.45) is 0 Å². The van der Waals surface area contributed by atoms with Crippen molar-refractivity contribution in [3.8, 4) is 0 Å². The molecule has 110 valence electrons. The van der Waals surface area contributed by atoms with Crippen molar-refractivity contribution in [1.29, 1.82) is 0 Å². The number of piperazine rings is 1. The molecule has 0 aliphatic carbocycles. The first-order valence-corrected chi connectivity index (χ1v) is 6.67. The second-order valence-electron chi connectivity index (χ2n) is 4.62. The Balaban J connectivity index is 1.80. The highest BCUT2D eigenvalue weighted by Crippen LogP contribution is 2.16. The lowest BCUT2D eigenvalue weighted by molar-refractivity contribution is -0.136. The number of anilines is 1. The van der Waals surface area contributed by atoms with E-state index in [4.69, 9.17) is 9.84 Å². The summed E-state index contributed by atoms with van der Waals surface area (Å²) in [4.78, 5) is 15.7. The Morgan fingerprint density at radius 2 is 1.85 bits per heavy atom. The van der Waals surface area contributed by atoms with Crippen molar-refractivity contribution in [3.05, 3.63) is 30.1 Å². The van der Waals surface area contributed by atoms with Crippen molar-refractivity contribution in [2.45, 2.75) is 0 Å². The van der Waals surface area contributed by atoms with Gasteiger partial charge in [-0.2, -0.15) is 0 Å². The van der Waals surface area contributed by atoms with Gasteiger partial charge in [0.05, 0.1) is 13.2 Å². The number of ether oxygens (including phenoxy) is 1. The molecule has 1 aliphatic rings. The molecule has 1 heterocycles. The first kappa shape index (κ1) is 14.7. The van der Waals surface area contributed by atoms with E-state index in [9.17, 15) is 9.18 Å². The molecular formula is C14H19FN2O3. The van der Waals surface area contributed by atoms with Crippen molar-refractivity contribution in [1.82, 2.24) is 4.90 Å². The van der Waals surface area contributed by atoms with Crippen LogP contribution in [-0.4, -0.2) is 61.9 Å². The summed E-state index contributed by atoms with van der Waals surface area (Å²) < 4.78 is 17.9. The summed E-state index contributed by atoms with van der Waals surface area (Å²) in [5.41, 5.74) is 0.968. The molecule has 1 aromatic carbocycles. The van der Waals surface area contributed by atoms with Gasteiger partial charge < -0.3 is 19.6 Å². The van der Waals surface area contributed by atoms with E-state index in [0.29, 0.717) is 13.1 Å². The third kappa shape index (κ3) is 3.91. The summed E-state index contributed by atoms with van der Waals surface area (Å²) in [7, 11) is 0. The van der Waals surface area contributed by atoms with Crippen molar-refractivity contribution in [2.75, 3.05) is 50.9 Å². The lowest BCUT2D eigenvalue weighted by atomic mass is 10.2. The minimum Gasteiger partial charge on any atom is -0.394 e. The quantitative estimate of drug-likeness (QED) is 0.798. The number of carbonyl (C=O) groups is 1. The number of halogens is 1. The zero-order valence-corrected chi connectivity index (χ0v) is 11.3. The van der Waals surface area contributed by atoms with E-state index >= 15 is 0 Å². The van der Waals surface area contributed by atoms with Gasteiger partial charge in [-0.05, 0) is 24.3 Å². The number of carbonyl (C=O) groups excluding carboxylic acids is 1. The van der Waals surface area contributed by atoms with Gasteiger partial charge in [-0.1, -0.05) is 0 Å². The highest BCUT2D eigenvalue weighted by atomic mass is 19.1. The van der Waals surface area contributed by atoms with Gasteiger partial charge in [-0.25, -0.2) is 4.39 Å². The van der Waals surface area contributed by atoms with Gasteiger partial charge in [0.25, 0.3) is 0 Å². The summed E-state index contributed by atoms with van der Waals surface area (Å²) in [6, 6.07) is 6.37. The number of benzene rings is 1. The third-order valence-corrected chi connectivity index (χ3v) is 3.29. The van der Waals surface area contributed by atoms with E-state index in [0.717, 1.165) is 18.8 Å². The van der Waals surface area contributed by atoms with Crippen LogP contribution >= 0.6 is 0 Å². The van der Waals surface area contributed by atoms with E-state index in [1.54, 1.807) is 17.0 Å². The topological polar surface area (TPSA) is 53.0 Å². The van der Waals surface area contributed by atoms with Crippen LogP contribution in [0, 0.1) is 5.82 Å². The summed E-state index contributed by atoms with van der Waals surface area (Å²) in [5, 5.41) is 8.59. The minimum atomic E-state index is -0.247. The van der Waals surface area contributed by atoms with Gasteiger partial charge in [-0.15, -0.1) is 0 Å². The molecule has 20 heavy (non-hydrogen) atoms. The summed E-state index contributed by atoms with van der Waals surface area (Å²) in [6.45, 7) is 2.80. The molecule has 1 saturated heterocycles.